The van der Waals surface area contributed by atoms with Crippen LogP contribution in [0.4, 0.5) is 10.1 Å². The van der Waals surface area contributed by atoms with Crippen molar-refractivity contribution in [3.05, 3.63) is 63.9 Å². The van der Waals surface area contributed by atoms with Gasteiger partial charge in [0.25, 0.3) is 5.91 Å². The van der Waals surface area contributed by atoms with Gasteiger partial charge in [-0.2, -0.15) is 11.8 Å². The third-order valence-electron chi connectivity index (χ3n) is 4.60. The van der Waals surface area contributed by atoms with Gasteiger partial charge in [-0.15, -0.1) is 0 Å². The number of carbonyl (C=O) groups excluding carboxylic acids is 2. The van der Waals surface area contributed by atoms with Crippen molar-refractivity contribution in [3.63, 3.8) is 0 Å². The molecule has 0 saturated carbocycles. The number of carbonyl (C=O) groups is 2. The van der Waals surface area contributed by atoms with E-state index in [1.807, 2.05) is 36.0 Å². The highest BCUT2D eigenvalue weighted by Crippen LogP contribution is 2.20. The molecule has 3 rings (SSSR count). The fourth-order valence-electron chi connectivity index (χ4n) is 3.05. The van der Waals surface area contributed by atoms with Crippen molar-refractivity contribution in [1.82, 2.24) is 10.2 Å². The Morgan fingerprint density at radius 1 is 1.14 bits per heavy atom. The van der Waals surface area contributed by atoms with Crippen molar-refractivity contribution in [2.75, 3.05) is 36.5 Å². The van der Waals surface area contributed by atoms with Crippen LogP contribution in [0.3, 0.4) is 0 Å². The van der Waals surface area contributed by atoms with Crippen LogP contribution in [0.25, 0.3) is 0 Å². The molecule has 0 bridgehead atoms. The second-order valence-electron chi connectivity index (χ2n) is 6.72. The largest absolute Gasteiger partial charge is 0.351 e. The summed E-state index contributed by atoms with van der Waals surface area (Å²) in [4.78, 5) is 26.9. The Bertz CT molecular complexity index is 875. The van der Waals surface area contributed by atoms with Gasteiger partial charge in [0, 0.05) is 54.3 Å². The highest BCUT2D eigenvalue weighted by atomic mass is 79.9. The van der Waals surface area contributed by atoms with Crippen LogP contribution >= 0.6 is 27.7 Å². The molecular formula is C21H23BrFN3O2S. The molecule has 5 nitrogen and oxygen atoms in total. The molecule has 0 unspecified atom stereocenters. The first-order chi connectivity index (χ1) is 14.0. The predicted molar refractivity (Wildman–Crippen MR) is 119 cm³/mol. The van der Waals surface area contributed by atoms with Gasteiger partial charge in [0.2, 0.25) is 5.91 Å². The average Bonchev–Trinajstić information content (AvgIpc) is 2.72. The lowest BCUT2D eigenvalue weighted by atomic mass is 10.1. The van der Waals surface area contributed by atoms with Gasteiger partial charge >= 0.3 is 0 Å². The molecule has 2 aromatic rings. The maximum atomic E-state index is 13.3. The minimum Gasteiger partial charge on any atom is -0.351 e. The summed E-state index contributed by atoms with van der Waals surface area (Å²) in [7, 11) is 0. The van der Waals surface area contributed by atoms with E-state index in [0.29, 0.717) is 4.47 Å². The second kappa shape index (κ2) is 10.8. The third kappa shape index (κ3) is 6.55. The molecule has 154 valence electrons. The Balaban J connectivity index is 1.50. The Kier molecular flexibility index (Phi) is 8.09. The highest BCUT2D eigenvalue weighted by molar-refractivity contribution is 9.10. The standard InChI is InChI=1S/C21H23BrFN3O2S/c22-18-6-5-16(23)13-17(18)21(28)24-8-7-20(27)25-19-4-2-1-3-15(19)14-26-9-11-29-12-10-26/h1-6,13H,7-12,14H2,(H,24,28)(H,25,27). The minimum atomic E-state index is -0.486. The summed E-state index contributed by atoms with van der Waals surface area (Å²) >= 11 is 5.20. The zero-order valence-electron chi connectivity index (χ0n) is 15.9. The van der Waals surface area contributed by atoms with Gasteiger partial charge in [-0.25, -0.2) is 4.39 Å². The molecule has 2 amide bonds. The van der Waals surface area contributed by atoms with Crippen molar-refractivity contribution in [2.24, 2.45) is 0 Å². The van der Waals surface area contributed by atoms with Crippen molar-refractivity contribution >= 4 is 45.2 Å². The normalized spacial score (nSPS) is 14.4. The summed E-state index contributed by atoms with van der Waals surface area (Å²) in [5.74, 6) is 1.18. The van der Waals surface area contributed by atoms with E-state index < -0.39 is 11.7 Å². The lowest BCUT2D eigenvalue weighted by Gasteiger charge is -2.27. The number of hydrogen-bond acceptors (Lipinski definition) is 4. The van der Waals surface area contributed by atoms with E-state index in [-0.39, 0.29) is 24.4 Å². The van der Waals surface area contributed by atoms with Gasteiger partial charge in [-0.1, -0.05) is 18.2 Å². The van der Waals surface area contributed by atoms with Gasteiger partial charge < -0.3 is 10.6 Å². The summed E-state index contributed by atoms with van der Waals surface area (Å²) in [6.07, 6.45) is 0.132. The lowest BCUT2D eigenvalue weighted by Crippen LogP contribution is -2.32. The summed E-state index contributed by atoms with van der Waals surface area (Å²) in [6, 6.07) is 11.7. The Labute approximate surface area is 182 Å². The molecule has 0 aliphatic carbocycles. The number of rotatable bonds is 7. The molecule has 0 atom stereocenters. The van der Waals surface area contributed by atoms with Crippen LogP contribution < -0.4 is 10.6 Å². The molecule has 1 aliphatic heterocycles. The van der Waals surface area contributed by atoms with E-state index in [2.05, 4.69) is 31.5 Å². The van der Waals surface area contributed by atoms with Crippen LogP contribution in [-0.4, -0.2) is 47.9 Å². The Hall–Kier alpha value is -1.90. The summed E-state index contributed by atoms with van der Waals surface area (Å²) in [6.45, 7) is 3.07. The zero-order valence-corrected chi connectivity index (χ0v) is 18.3. The van der Waals surface area contributed by atoms with Crippen LogP contribution in [0.15, 0.2) is 46.9 Å². The Morgan fingerprint density at radius 2 is 1.90 bits per heavy atom. The molecule has 0 radical (unpaired) electrons. The summed E-state index contributed by atoms with van der Waals surface area (Å²) in [5.41, 5.74) is 2.09. The number of amides is 2. The molecule has 2 N–H and O–H groups in total. The first-order valence-electron chi connectivity index (χ1n) is 9.44. The minimum absolute atomic E-state index is 0.132. The van der Waals surface area contributed by atoms with Crippen LogP contribution in [0.2, 0.25) is 0 Å². The molecule has 1 fully saturated rings. The van der Waals surface area contributed by atoms with Crippen LogP contribution in [0.5, 0.6) is 0 Å². The number of thioether (sulfide) groups is 1. The van der Waals surface area contributed by atoms with E-state index in [9.17, 15) is 14.0 Å². The van der Waals surface area contributed by atoms with Gasteiger partial charge in [0.1, 0.15) is 5.82 Å². The van der Waals surface area contributed by atoms with Crippen LogP contribution in [0, 0.1) is 5.82 Å². The summed E-state index contributed by atoms with van der Waals surface area (Å²) < 4.78 is 13.8. The maximum Gasteiger partial charge on any atom is 0.252 e. The number of anilines is 1. The fourth-order valence-corrected chi connectivity index (χ4v) is 4.45. The topological polar surface area (TPSA) is 61.4 Å². The molecule has 0 aromatic heterocycles. The monoisotopic (exact) mass is 479 g/mol. The molecule has 1 heterocycles. The van der Waals surface area contributed by atoms with Crippen LogP contribution in [-0.2, 0) is 11.3 Å². The smallest absolute Gasteiger partial charge is 0.252 e. The quantitative estimate of drug-likeness (QED) is 0.632. The molecule has 1 saturated heterocycles. The molecule has 2 aromatic carbocycles. The fraction of sp³-hybridized carbons (Fsp3) is 0.333. The Morgan fingerprint density at radius 3 is 2.69 bits per heavy atom. The third-order valence-corrected chi connectivity index (χ3v) is 6.23. The van der Waals surface area contributed by atoms with Gasteiger partial charge in [0.05, 0.1) is 5.56 Å². The molecule has 0 spiro atoms. The van der Waals surface area contributed by atoms with E-state index in [4.69, 9.17) is 0 Å². The van der Waals surface area contributed by atoms with E-state index in [1.54, 1.807) is 0 Å². The number of nitrogens with zero attached hydrogens (tertiary/aromatic N) is 1. The van der Waals surface area contributed by atoms with Crippen molar-refractivity contribution < 1.29 is 14.0 Å². The molecule has 29 heavy (non-hydrogen) atoms. The average molecular weight is 480 g/mol. The summed E-state index contributed by atoms with van der Waals surface area (Å²) in [5, 5.41) is 5.60. The number of para-hydroxylation sites is 1. The molecule has 8 heteroatoms. The van der Waals surface area contributed by atoms with Gasteiger partial charge in [0.15, 0.2) is 0 Å². The van der Waals surface area contributed by atoms with Crippen molar-refractivity contribution in [2.45, 2.75) is 13.0 Å². The van der Waals surface area contributed by atoms with Gasteiger partial charge in [-0.3, -0.25) is 14.5 Å². The van der Waals surface area contributed by atoms with E-state index in [1.165, 1.54) is 12.1 Å². The number of benzene rings is 2. The molecule has 1 aliphatic rings. The highest BCUT2D eigenvalue weighted by Gasteiger charge is 2.15. The maximum absolute atomic E-state index is 13.3. The number of nitrogens with one attached hydrogen (secondary N) is 2. The number of halogens is 2. The van der Waals surface area contributed by atoms with E-state index >= 15 is 0 Å². The first-order valence-corrected chi connectivity index (χ1v) is 11.4. The van der Waals surface area contributed by atoms with Gasteiger partial charge in [-0.05, 0) is 45.8 Å². The predicted octanol–water partition coefficient (Wildman–Crippen LogP) is 3.90. The van der Waals surface area contributed by atoms with Crippen molar-refractivity contribution in [3.8, 4) is 0 Å². The van der Waals surface area contributed by atoms with Crippen molar-refractivity contribution in [1.29, 1.82) is 0 Å². The first kappa shape index (κ1) is 21.8. The second-order valence-corrected chi connectivity index (χ2v) is 8.80. The number of hydrogen-bond donors (Lipinski definition) is 2. The SMILES string of the molecule is O=C(CCNC(=O)c1cc(F)ccc1Br)Nc1ccccc1CN1CCSCC1. The molecular weight excluding hydrogens is 457 g/mol. The zero-order chi connectivity index (χ0) is 20.6. The lowest BCUT2D eigenvalue weighted by molar-refractivity contribution is -0.116. The van der Waals surface area contributed by atoms with E-state index in [0.717, 1.165) is 48.5 Å². The van der Waals surface area contributed by atoms with Crippen LogP contribution in [0.1, 0.15) is 22.3 Å².